The zero-order chi connectivity index (χ0) is 47.7. The van der Waals surface area contributed by atoms with E-state index in [4.69, 9.17) is 14.7 Å². The van der Waals surface area contributed by atoms with Crippen molar-refractivity contribution in [2.75, 3.05) is 4.90 Å². The lowest BCUT2D eigenvalue weighted by Crippen LogP contribution is -2.34. The molecule has 0 fully saturated rings. The molecule has 1 aliphatic heterocycles. The van der Waals surface area contributed by atoms with Gasteiger partial charge in [-0.25, -0.2) is 0 Å². The fourth-order valence-corrected chi connectivity index (χ4v) is 13.3. The molecule has 2 aromatic heterocycles. The molecule has 11 aromatic rings. The molecule has 2 spiro atoms. The van der Waals surface area contributed by atoms with Gasteiger partial charge >= 0.3 is 0 Å². The lowest BCUT2D eigenvalue weighted by atomic mass is 9.64. The number of fused-ring (bicyclic) bond motifs is 19. The summed E-state index contributed by atoms with van der Waals surface area (Å²) < 4.78 is 9.67. The molecule has 4 aliphatic rings. The Bertz CT molecular complexity index is 4140. The Morgan fingerprint density at radius 1 is 0.514 bits per heavy atom. The third kappa shape index (κ3) is 5.11. The smallest absolute Gasteiger partial charge is 0.132 e. The zero-order valence-corrected chi connectivity index (χ0v) is 39.4. The predicted octanol–water partition coefficient (Wildman–Crippen LogP) is 16.4. The maximum Gasteiger partial charge on any atom is 0.132 e. The Morgan fingerprint density at radius 3 is 1.83 bits per heavy atom. The number of anilines is 3. The van der Waals surface area contributed by atoms with E-state index in [0.717, 1.165) is 84.3 Å². The Hall–Kier alpha value is -9.32. The van der Waals surface area contributed by atoms with Gasteiger partial charge < -0.3 is 14.2 Å². The highest BCUT2D eigenvalue weighted by molar-refractivity contribution is 6.16. The maximum absolute atomic E-state index is 7.30. The van der Waals surface area contributed by atoms with Gasteiger partial charge in [-0.05, 0) is 130 Å². The van der Waals surface area contributed by atoms with Crippen LogP contribution in [-0.2, 0) is 10.8 Å². The maximum atomic E-state index is 7.30. The Balaban J connectivity index is 1.03. The summed E-state index contributed by atoms with van der Waals surface area (Å²) in [6, 6.07) is 79.3. The first-order chi connectivity index (χ1) is 35.7. The van der Waals surface area contributed by atoms with Crippen molar-refractivity contribution >= 4 is 51.3 Å². The third-order valence-corrected chi connectivity index (χ3v) is 15.9. The lowest BCUT2D eigenvalue weighted by molar-refractivity contribution is 0.434. The van der Waals surface area contributed by atoms with E-state index in [-0.39, 0.29) is 0 Å². The van der Waals surface area contributed by atoms with Crippen LogP contribution < -0.4 is 9.64 Å². The standard InChI is InChI=1S/C67H44N4O/c1-3-21-54-64(68-2)65-57(38-44(41-69-65)70(42-22-6-4-7-23-42)59-35-20-36-60-63(59)48-29-13-18-34-58(48)71(60)43-24-8-5-9-25-43)67(54)53-33-17-19-37-61(53)72-62-40-55-49(39-56(62)67)47-28-12-16-32-52(47)66(55)50-30-14-10-26-45(50)46-27-11-15-31-51(46)66/h3-41H,2H2,1H3/b21-3-. The van der Waals surface area contributed by atoms with Gasteiger partial charge in [0, 0.05) is 38.8 Å². The van der Waals surface area contributed by atoms with Crippen molar-refractivity contribution in [3.63, 3.8) is 0 Å². The number of para-hydroxylation sites is 4. The van der Waals surface area contributed by atoms with Crippen molar-refractivity contribution in [2.24, 2.45) is 4.99 Å². The summed E-state index contributed by atoms with van der Waals surface area (Å²) in [5.41, 5.74) is 20.6. The fraction of sp³-hybridized carbons (Fsp3) is 0.0448. The monoisotopic (exact) mass is 920 g/mol. The Kier molecular flexibility index (Phi) is 8.50. The van der Waals surface area contributed by atoms with Crippen LogP contribution in [0.25, 0.3) is 55.4 Å². The summed E-state index contributed by atoms with van der Waals surface area (Å²) in [7, 11) is 0. The van der Waals surface area contributed by atoms with Crippen LogP contribution in [0.2, 0.25) is 0 Å². The van der Waals surface area contributed by atoms with Crippen LogP contribution in [0, 0.1) is 0 Å². The largest absolute Gasteiger partial charge is 0.457 e. The first kappa shape index (κ1) is 40.6. The number of aliphatic imine (C=N–C) groups is 1. The molecule has 1 unspecified atom stereocenters. The van der Waals surface area contributed by atoms with Gasteiger partial charge in [0.2, 0.25) is 0 Å². The first-order valence-electron chi connectivity index (χ1n) is 24.7. The molecule has 5 nitrogen and oxygen atoms in total. The molecule has 0 saturated heterocycles. The van der Waals surface area contributed by atoms with Crippen LogP contribution in [0.15, 0.2) is 247 Å². The summed E-state index contributed by atoms with van der Waals surface area (Å²) in [5, 5.41) is 2.32. The van der Waals surface area contributed by atoms with Crippen LogP contribution in [0.4, 0.5) is 17.1 Å². The molecule has 1 atom stereocenters. The van der Waals surface area contributed by atoms with Crippen molar-refractivity contribution < 1.29 is 4.74 Å². The van der Waals surface area contributed by atoms with Gasteiger partial charge in [-0.3, -0.25) is 9.98 Å². The fourth-order valence-electron chi connectivity index (χ4n) is 13.3. The van der Waals surface area contributed by atoms with Gasteiger partial charge in [-0.1, -0.05) is 164 Å². The molecule has 3 aliphatic carbocycles. The van der Waals surface area contributed by atoms with Crippen molar-refractivity contribution in [2.45, 2.75) is 17.8 Å². The van der Waals surface area contributed by atoms with E-state index < -0.39 is 10.8 Å². The van der Waals surface area contributed by atoms with Crippen molar-refractivity contribution in [1.82, 2.24) is 9.55 Å². The first-order valence-corrected chi connectivity index (χ1v) is 24.7. The zero-order valence-electron chi connectivity index (χ0n) is 39.4. The molecule has 0 bridgehead atoms. The van der Waals surface area contributed by atoms with Gasteiger partial charge in [0.25, 0.3) is 0 Å². The number of pyridine rings is 1. The van der Waals surface area contributed by atoms with E-state index in [2.05, 4.69) is 254 Å². The molecule has 0 saturated carbocycles. The van der Waals surface area contributed by atoms with Gasteiger partial charge in [0.05, 0.1) is 50.8 Å². The van der Waals surface area contributed by atoms with E-state index >= 15 is 0 Å². The molecule has 5 heteroatoms. The van der Waals surface area contributed by atoms with E-state index in [1.54, 1.807) is 0 Å². The van der Waals surface area contributed by atoms with Gasteiger partial charge in [-0.2, -0.15) is 0 Å². The highest BCUT2D eigenvalue weighted by Gasteiger charge is 2.56. The minimum atomic E-state index is -0.908. The molecule has 0 N–H and O–H groups in total. The number of hydrogen-bond acceptors (Lipinski definition) is 4. The highest BCUT2D eigenvalue weighted by atomic mass is 16.5. The minimum Gasteiger partial charge on any atom is -0.457 e. The molecule has 9 aromatic carbocycles. The van der Waals surface area contributed by atoms with Crippen LogP contribution in [-0.4, -0.2) is 16.3 Å². The lowest BCUT2D eigenvalue weighted by Gasteiger charge is -2.41. The molecular formula is C67H44N4O. The molecule has 3 heterocycles. The number of allylic oxidation sites excluding steroid dienone is 3. The number of aromatic nitrogens is 2. The molecule has 338 valence electrons. The second-order valence-electron chi connectivity index (χ2n) is 19.2. The van der Waals surface area contributed by atoms with Crippen molar-refractivity contribution in [3.05, 3.63) is 287 Å². The summed E-state index contributed by atoms with van der Waals surface area (Å²) in [5.74, 6) is 1.60. The van der Waals surface area contributed by atoms with Gasteiger partial charge in [0.1, 0.15) is 11.5 Å². The van der Waals surface area contributed by atoms with Crippen molar-refractivity contribution in [3.8, 4) is 39.4 Å². The van der Waals surface area contributed by atoms with E-state index in [9.17, 15) is 0 Å². The molecular weight excluding hydrogens is 877 g/mol. The summed E-state index contributed by atoms with van der Waals surface area (Å²) in [6.45, 7) is 6.34. The Labute approximate surface area is 417 Å². The summed E-state index contributed by atoms with van der Waals surface area (Å²) >= 11 is 0. The topological polar surface area (TPSA) is 42.6 Å². The number of rotatable bonds is 6. The predicted molar refractivity (Wildman–Crippen MR) is 294 cm³/mol. The quantitative estimate of drug-likeness (QED) is 0.156. The second kappa shape index (κ2) is 15.1. The van der Waals surface area contributed by atoms with Crippen LogP contribution in [0.3, 0.4) is 0 Å². The van der Waals surface area contributed by atoms with E-state index in [1.165, 1.54) is 49.9 Å². The number of benzene rings is 9. The summed E-state index contributed by atoms with van der Waals surface area (Å²) in [4.78, 5) is 12.8. The van der Waals surface area contributed by atoms with Crippen LogP contribution in [0.1, 0.15) is 51.6 Å². The number of ether oxygens (including phenoxy) is 1. The Morgan fingerprint density at radius 2 is 1.12 bits per heavy atom. The number of nitrogens with zero attached hydrogens (tertiary/aromatic N) is 4. The normalized spacial score (nSPS) is 16.1. The summed E-state index contributed by atoms with van der Waals surface area (Å²) in [6.07, 6.45) is 6.36. The van der Waals surface area contributed by atoms with Gasteiger partial charge in [0.15, 0.2) is 0 Å². The SMILES string of the molecule is C=NC1=C(/C=C\C)C2(c3ccccc3Oc3cc4c(cc32)-c2ccccc2C42c3ccccc3-c3ccccc32)c2cc(N(c3ccccc3)c3cccc4c3c3ccccc3n4-c3ccccc3)cnc21. The van der Waals surface area contributed by atoms with E-state index in [1.807, 2.05) is 6.20 Å². The minimum absolute atomic E-state index is 0.541. The molecule has 0 amide bonds. The average Bonchev–Trinajstić information content (AvgIpc) is 4.13. The number of hydrogen-bond donors (Lipinski definition) is 0. The molecule has 15 rings (SSSR count). The van der Waals surface area contributed by atoms with E-state index in [0.29, 0.717) is 0 Å². The molecule has 0 radical (unpaired) electrons. The second-order valence-corrected chi connectivity index (χ2v) is 19.2. The molecule has 72 heavy (non-hydrogen) atoms. The highest BCUT2D eigenvalue weighted by Crippen LogP contribution is 2.67. The third-order valence-electron chi connectivity index (χ3n) is 15.9. The van der Waals surface area contributed by atoms with Crippen molar-refractivity contribution in [1.29, 1.82) is 0 Å². The van der Waals surface area contributed by atoms with Crippen LogP contribution in [0.5, 0.6) is 11.5 Å². The average molecular weight is 921 g/mol. The van der Waals surface area contributed by atoms with Crippen LogP contribution >= 0.6 is 0 Å². The van der Waals surface area contributed by atoms with Gasteiger partial charge in [-0.15, -0.1) is 0 Å².